The smallest absolute Gasteiger partial charge is 0.160 e. The maximum atomic E-state index is 6.39. The molecule has 0 aliphatic carbocycles. The molecular weight excluding hydrogens is 548 g/mol. The molecule has 0 fully saturated rings. The van der Waals surface area contributed by atoms with E-state index >= 15 is 0 Å². The third-order valence-corrected chi connectivity index (χ3v) is 8.71. The minimum atomic E-state index is 0.702. The Kier molecular flexibility index (Phi) is 5.82. The molecule has 0 bridgehead atoms. The minimum Gasteiger partial charge on any atom is -0.455 e. The zero-order valence-electron chi connectivity index (χ0n) is 24.3. The van der Waals surface area contributed by atoms with Crippen LogP contribution in [0.15, 0.2) is 162 Å². The second-order valence-corrected chi connectivity index (χ2v) is 11.4. The van der Waals surface area contributed by atoms with Crippen molar-refractivity contribution in [2.45, 2.75) is 0 Å². The Hall–Kier alpha value is -6.06. The third-order valence-electron chi connectivity index (χ3n) is 8.71. The van der Waals surface area contributed by atoms with Crippen LogP contribution in [0.1, 0.15) is 0 Å². The van der Waals surface area contributed by atoms with E-state index in [4.69, 9.17) is 14.4 Å². The molecule has 0 atom stereocenters. The van der Waals surface area contributed by atoms with Gasteiger partial charge in [-0.25, -0.2) is 9.97 Å². The fraction of sp³-hybridized carbons (Fsp3) is 0. The van der Waals surface area contributed by atoms with E-state index < -0.39 is 0 Å². The van der Waals surface area contributed by atoms with Gasteiger partial charge in [-0.1, -0.05) is 133 Å². The van der Waals surface area contributed by atoms with Crippen LogP contribution in [-0.4, -0.2) is 9.97 Å². The first-order valence-corrected chi connectivity index (χ1v) is 15.2. The molecule has 0 aliphatic heterocycles. The van der Waals surface area contributed by atoms with Gasteiger partial charge in [0.05, 0.1) is 11.2 Å². The van der Waals surface area contributed by atoms with Crippen molar-refractivity contribution >= 4 is 43.6 Å². The lowest BCUT2D eigenvalue weighted by atomic mass is 9.97. The molecule has 0 N–H and O–H groups in total. The van der Waals surface area contributed by atoms with Gasteiger partial charge in [-0.3, -0.25) is 0 Å². The average molecular weight is 575 g/mol. The van der Waals surface area contributed by atoms with E-state index in [0.717, 1.165) is 71.6 Å². The number of nitrogens with zero attached hydrogens (tertiary/aromatic N) is 2. The Morgan fingerprint density at radius 2 is 0.978 bits per heavy atom. The summed E-state index contributed by atoms with van der Waals surface area (Å²) >= 11 is 0. The standard InChI is InChI=1S/C42H26N2O/c1-2-10-27(11-3-1)28-20-22-29(23-21-28)30-12-8-13-31(26-30)42-43-38-18-6-4-15-37(38)40(44-42)34-16-9-17-35-32(34)24-25-36-33-14-5-7-19-39(33)45-41(35)36/h1-26H. The number of furan rings is 1. The highest BCUT2D eigenvalue weighted by molar-refractivity contribution is 6.18. The van der Waals surface area contributed by atoms with Crippen LogP contribution in [0.2, 0.25) is 0 Å². The monoisotopic (exact) mass is 574 g/mol. The molecule has 2 aromatic heterocycles. The predicted molar refractivity (Wildman–Crippen MR) is 186 cm³/mol. The van der Waals surface area contributed by atoms with E-state index in [-0.39, 0.29) is 0 Å². The molecule has 0 unspecified atom stereocenters. The largest absolute Gasteiger partial charge is 0.455 e. The van der Waals surface area contributed by atoms with Gasteiger partial charge in [0.2, 0.25) is 0 Å². The van der Waals surface area contributed by atoms with Crippen LogP contribution < -0.4 is 0 Å². The summed E-state index contributed by atoms with van der Waals surface area (Å²) in [5.41, 5.74) is 10.4. The Labute approximate surface area is 260 Å². The lowest BCUT2D eigenvalue weighted by molar-refractivity contribution is 0.672. The summed E-state index contributed by atoms with van der Waals surface area (Å²) in [6, 6.07) is 55.0. The predicted octanol–water partition coefficient (Wildman–Crippen LogP) is 11.4. The van der Waals surface area contributed by atoms with E-state index in [2.05, 4.69) is 133 Å². The van der Waals surface area contributed by atoms with Crippen molar-refractivity contribution in [3.8, 4) is 44.9 Å². The Balaban J connectivity index is 1.19. The molecule has 0 aliphatic rings. The van der Waals surface area contributed by atoms with Gasteiger partial charge >= 0.3 is 0 Å². The average Bonchev–Trinajstić information content (AvgIpc) is 3.51. The van der Waals surface area contributed by atoms with Crippen LogP contribution >= 0.6 is 0 Å². The maximum Gasteiger partial charge on any atom is 0.160 e. The van der Waals surface area contributed by atoms with Crippen molar-refractivity contribution in [3.63, 3.8) is 0 Å². The highest BCUT2D eigenvalue weighted by Gasteiger charge is 2.17. The van der Waals surface area contributed by atoms with Crippen molar-refractivity contribution in [1.82, 2.24) is 9.97 Å². The van der Waals surface area contributed by atoms with Crippen LogP contribution in [0.25, 0.3) is 88.5 Å². The fourth-order valence-electron chi connectivity index (χ4n) is 6.48. The van der Waals surface area contributed by atoms with Crippen molar-refractivity contribution < 1.29 is 4.42 Å². The zero-order valence-corrected chi connectivity index (χ0v) is 24.3. The van der Waals surface area contributed by atoms with Crippen molar-refractivity contribution in [3.05, 3.63) is 158 Å². The number of fused-ring (bicyclic) bond motifs is 6. The number of para-hydroxylation sites is 2. The summed E-state index contributed by atoms with van der Waals surface area (Å²) < 4.78 is 6.39. The van der Waals surface area contributed by atoms with Gasteiger partial charge in [0, 0.05) is 32.7 Å². The van der Waals surface area contributed by atoms with Crippen LogP contribution in [-0.2, 0) is 0 Å². The van der Waals surface area contributed by atoms with Gasteiger partial charge in [-0.15, -0.1) is 0 Å². The van der Waals surface area contributed by atoms with E-state index in [9.17, 15) is 0 Å². The van der Waals surface area contributed by atoms with Crippen LogP contribution in [0.4, 0.5) is 0 Å². The Morgan fingerprint density at radius 3 is 1.84 bits per heavy atom. The molecule has 0 spiro atoms. The normalized spacial score (nSPS) is 11.6. The summed E-state index contributed by atoms with van der Waals surface area (Å²) in [5, 5.41) is 5.45. The van der Waals surface area contributed by atoms with Gasteiger partial charge in [0.15, 0.2) is 5.82 Å². The second-order valence-electron chi connectivity index (χ2n) is 11.4. The third kappa shape index (κ3) is 4.29. The first-order valence-electron chi connectivity index (χ1n) is 15.2. The van der Waals surface area contributed by atoms with Crippen molar-refractivity contribution in [2.75, 3.05) is 0 Å². The highest BCUT2D eigenvalue weighted by Crippen LogP contribution is 2.39. The van der Waals surface area contributed by atoms with Crippen LogP contribution in [0, 0.1) is 0 Å². The first-order chi connectivity index (χ1) is 22.3. The number of aromatic nitrogens is 2. The molecular formula is C42H26N2O. The van der Waals surface area contributed by atoms with Crippen LogP contribution in [0.5, 0.6) is 0 Å². The van der Waals surface area contributed by atoms with E-state index in [1.54, 1.807) is 0 Å². The molecule has 0 radical (unpaired) electrons. The molecule has 0 amide bonds. The summed E-state index contributed by atoms with van der Waals surface area (Å²) in [4.78, 5) is 10.3. The Bertz CT molecular complexity index is 2530. The van der Waals surface area contributed by atoms with Gasteiger partial charge in [-0.2, -0.15) is 0 Å². The highest BCUT2D eigenvalue weighted by atomic mass is 16.3. The molecule has 3 nitrogen and oxygen atoms in total. The molecule has 210 valence electrons. The fourth-order valence-corrected chi connectivity index (χ4v) is 6.48. The van der Waals surface area contributed by atoms with Gasteiger partial charge in [-0.05, 0) is 51.9 Å². The van der Waals surface area contributed by atoms with Crippen molar-refractivity contribution in [1.29, 1.82) is 0 Å². The van der Waals surface area contributed by atoms with Gasteiger partial charge in [0.25, 0.3) is 0 Å². The van der Waals surface area contributed by atoms with E-state index in [1.165, 1.54) is 11.1 Å². The molecule has 0 saturated heterocycles. The lowest BCUT2D eigenvalue weighted by Gasteiger charge is -2.12. The number of benzene rings is 7. The molecule has 2 heterocycles. The summed E-state index contributed by atoms with van der Waals surface area (Å²) in [7, 11) is 0. The molecule has 7 aromatic carbocycles. The Morgan fingerprint density at radius 1 is 0.378 bits per heavy atom. The van der Waals surface area contributed by atoms with Gasteiger partial charge < -0.3 is 4.42 Å². The SMILES string of the molecule is c1ccc(-c2ccc(-c3cccc(-c4nc(-c5cccc6c5ccc5c7ccccc7oc65)c5ccccc5n4)c3)cc2)cc1. The molecule has 0 saturated carbocycles. The maximum absolute atomic E-state index is 6.39. The number of rotatable bonds is 4. The molecule has 9 rings (SSSR count). The molecule has 9 aromatic rings. The zero-order chi connectivity index (χ0) is 29.7. The number of hydrogen-bond acceptors (Lipinski definition) is 3. The second kappa shape index (κ2) is 10.3. The summed E-state index contributed by atoms with van der Waals surface area (Å²) in [5.74, 6) is 0.702. The van der Waals surface area contributed by atoms with Crippen molar-refractivity contribution in [2.24, 2.45) is 0 Å². The van der Waals surface area contributed by atoms with E-state index in [1.807, 2.05) is 24.3 Å². The quantitative estimate of drug-likeness (QED) is 0.210. The van der Waals surface area contributed by atoms with E-state index in [0.29, 0.717) is 5.82 Å². The lowest BCUT2D eigenvalue weighted by Crippen LogP contribution is -1.96. The number of hydrogen-bond donors (Lipinski definition) is 0. The topological polar surface area (TPSA) is 38.9 Å². The molecule has 45 heavy (non-hydrogen) atoms. The summed E-state index contributed by atoms with van der Waals surface area (Å²) in [6.07, 6.45) is 0. The van der Waals surface area contributed by atoms with Gasteiger partial charge in [0.1, 0.15) is 11.2 Å². The minimum absolute atomic E-state index is 0.702. The first kappa shape index (κ1) is 25.4. The molecule has 3 heteroatoms. The summed E-state index contributed by atoms with van der Waals surface area (Å²) in [6.45, 7) is 0. The van der Waals surface area contributed by atoms with Crippen LogP contribution in [0.3, 0.4) is 0 Å².